The molecule has 1 rings (SSSR count). The second-order valence-corrected chi connectivity index (χ2v) is 13.2. The summed E-state index contributed by atoms with van der Waals surface area (Å²) in [6.07, 6.45) is 9.94. The molecule has 228 valence electrons. The van der Waals surface area contributed by atoms with Crippen molar-refractivity contribution in [2.45, 2.75) is 92.9 Å². The molecule has 2 amide bonds. The summed E-state index contributed by atoms with van der Waals surface area (Å²) in [5.41, 5.74) is -0.175. The number of rotatable bonds is 18. The second-order valence-electron chi connectivity index (χ2n) is 13.2. The Hall–Kier alpha value is -2.88. The van der Waals surface area contributed by atoms with Gasteiger partial charge in [0.15, 0.2) is 0 Å². The van der Waals surface area contributed by atoms with Gasteiger partial charge >= 0.3 is 12.2 Å². The number of amides is 2. The zero-order chi connectivity index (χ0) is 30.0. The van der Waals surface area contributed by atoms with E-state index in [1.165, 1.54) is 0 Å². The Morgan fingerprint density at radius 3 is 1.43 bits per heavy atom. The molecule has 0 radical (unpaired) electrons. The molecule has 1 aliphatic carbocycles. The molecule has 0 heterocycles. The quantitative estimate of drug-likeness (QED) is 0.189. The first kappa shape index (κ1) is 35.1. The molecule has 2 unspecified atom stereocenters. The predicted molar refractivity (Wildman–Crippen MR) is 152 cm³/mol. The molecule has 0 saturated heterocycles. The van der Waals surface area contributed by atoms with Gasteiger partial charge in [0, 0.05) is 23.9 Å². The Kier molecular flexibility index (Phi) is 16.2. The zero-order valence-corrected chi connectivity index (χ0v) is 25.6. The Morgan fingerprint density at radius 1 is 0.750 bits per heavy atom. The smallest absolute Gasteiger partial charge is 0.407 e. The summed E-state index contributed by atoms with van der Waals surface area (Å²) in [7, 11) is 0. The largest absolute Gasteiger partial charge is 0.449 e. The van der Waals surface area contributed by atoms with Gasteiger partial charge in [-0.1, -0.05) is 41.5 Å². The van der Waals surface area contributed by atoms with Gasteiger partial charge < -0.3 is 29.6 Å². The van der Waals surface area contributed by atoms with Crippen LogP contribution in [0.15, 0.2) is 0 Å². The van der Waals surface area contributed by atoms with E-state index in [-0.39, 0.29) is 23.0 Å². The lowest BCUT2D eigenvalue weighted by Gasteiger charge is -2.28. The third-order valence-electron chi connectivity index (χ3n) is 7.54. The number of nitrogens with one attached hydrogen (secondary N) is 2. The summed E-state index contributed by atoms with van der Waals surface area (Å²) < 4.78 is 20.7. The average molecular weight is 565 g/mol. The van der Waals surface area contributed by atoms with Crippen molar-refractivity contribution in [1.82, 2.24) is 10.6 Å². The number of carbonyl (C=O) groups excluding carboxylic acids is 2. The standard InChI is InChI=1S/C30H52N4O6/c1-23(15-29(3,4)19-37-21-31)11-13-33-27(35)39-17-25-7-9-26(10-8-25)18-40-28(36)34-14-12-24(2)16-30(5,6)20-38-22-32/h23-26H,7-20H2,1-6H3,(H,33,35)(H,34,36). The maximum atomic E-state index is 12.1. The first-order valence-corrected chi connectivity index (χ1v) is 14.7. The van der Waals surface area contributed by atoms with Crippen LogP contribution in [0.3, 0.4) is 0 Å². The van der Waals surface area contributed by atoms with Crippen molar-refractivity contribution < 1.29 is 28.5 Å². The number of hydrogen-bond donors (Lipinski definition) is 2. The van der Waals surface area contributed by atoms with Crippen molar-refractivity contribution in [1.29, 1.82) is 10.5 Å². The molecule has 2 atom stereocenters. The van der Waals surface area contributed by atoms with E-state index in [1.54, 1.807) is 12.5 Å². The Labute approximate surface area is 241 Å². The van der Waals surface area contributed by atoms with Crippen LogP contribution in [0.1, 0.15) is 92.9 Å². The minimum atomic E-state index is -0.380. The summed E-state index contributed by atoms with van der Waals surface area (Å²) in [4.78, 5) is 24.2. The summed E-state index contributed by atoms with van der Waals surface area (Å²) in [5.74, 6) is 1.43. The molecule has 0 bridgehead atoms. The van der Waals surface area contributed by atoms with Crippen molar-refractivity contribution >= 4 is 12.2 Å². The topological polar surface area (TPSA) is 143 Å². The lowest BCUT2D eigenvalue weighted by atomic mass is 9.83. The van der Waals surface area contributed by atoms with E-state index < -0.39 is 0 Å². The summed E-state index contributed by atoms with van der Waals surface area (Å²) >= 11 is 0. The molecule has 0 spiro atoms. The van der Waals surface area contributed by atoms with E-state index in [0.29, 0.717) is 63.2 Å². The van der Waals surface area contributed by atoms with Crippen molar-refractivity contribution in [3.63, 3.8) is 0 Å². The van der Waals surface area contributed by atoms with Gasteiger partial charge in [-0.25, -0.2) is 9.59 Å². The number of ether oxygens (including phenoxy) is 4. The third-order valence-corrected chi connectivity index (χ3v) is 7.54. The molecule has 2 N–H and O–H groups in total. The summed E-state index contributed by atoms with van der Waals surface area (Å²) in [5, 5.41) is 22.9. The van der Waals surface area contributed by atoms with Crippen LogP contribution in [0.4, 0.5) is 9.59 Å². The molecule has 1 fully saturated rings. The maximum Gasteiger partial charge on any atom is 0.407 e. The van der Waals surface area contributed by atoms with E-state index in [9.17, 15) is 9.59 Å². The highest BCUT2D eigenvalue weighted by molar-refractivity contribution is 5.67. The van der Waals surface area contributed by atoms with Gasteiger partial charge in [0.1, 0.15) is 13.2 Å². The first-order valence-electron chi connectivity index (χ1n) is 14.7. The van der Waals surface area contributed by atoms with E-state index >= 15 is 0 Å². The summed E-state index contributed by atoms with van der Waals surface area (Å²) in [6, 6.07) is 0. The van der Waals surface area contributed by atoms with Gasteiger partial charge in [-0.15, -0.1) is 0 Å². The highest BCUT2D eigenvalue weighted by Gasteiger charge is 2.25. The highest BCUT2D eigenvalue weighted by atomic mass is 16.6. The van der Waals surface area contributed by atoms with Crippen LogP contribution in [0.2, 0.25) is 0 Å². The van der Waals surface area contributed by atoms with Gasteiger partial charge in [0.25, 0.3) is 12.5 Å². The second kappa shape index (κ2) is 18.5. The molecule has 10 nitrogen and oxygen atoms in total. The average Bonchev–Trinajstić information content (AvgIpc) is 2.88. The number of nitriles is 2. The van der Waals surface area contributed by atoms with Crippen molar-refractivity contribution in [3.8, 4) is 12.5 Å². The Balaban J connectivity index is 2.12. The fourth-order valence-electron chi connectivity index (χ4n) is 5.56. The van der Waals surface area contributed by atoms with Crippen LogP contribution in [-0.4, -0.2) is 51.7 Å². The SMILES string of the molecule is CC(CCNC(=O)OCC1CCC(COC(=O)NCCC(C)CC(C)(C)COC#N)CC1)CC(C)(C)COC#N. The molecule has 0 aromatic carbocycles. The van der Waals surface area contributed by atoms with Crippen LogP contribution in [-0.2, 0) is 18.9 Å². The van der Waals surface area contributed by atoms with Crippen LogP contribution in [0, 0.1) is 57.5 Å². The molecule has 10 heteroatoms. The molecule has 0 aromatic heterocycles. The van der Waals surface area contributed by atoms with Crippen LogP contribution in [0.25, 0.3) is 0 Å². The molecule has 1 saturated carbocycles. The zero-order valence-electron chi connectivity index (χ0n) is 25.6. The van der Waals surface area contributed by atoms with E-state index in [0.717, 1.165) is 51.4 Å². The van der Waals surface area contributed by atoms with Gasteiger partial charge in [0.05, 0.1) is 13.2 Å². The van der Waals surface area contributed by atoms with Crippen LogP contribution >= 0.6 is 0 Å². The minimum Gasteiger partial charge on any atom is -0.449 e. The van der Waals surface area contributed by atoms with Crippen molar-refractivity contribution in [2.75, 3.05) is 39.5 Å². The minimum absolute atomic E-state index is 0.0874. The van der Waals surface area contributed by atoms with E-state index in [2.05, 4.69) is 52.2 Å². The van der Waals surface area contributed by atoms with Gasteiger partial charge in [-0.05, 0) is 75.0 Å². The number of nitrogens with zero attached hydrogens (tertiary/aromatic N) is 2. The molecular weight excluding hydrogens is 512 g/mol. The molecule has 40 heavy (non-hydrogen) atoms. The normalized spacial score (nSPS) is 18.8. The van der Waals surface area contributed by atoms with Crippen molar-refractivity contribution in [2.24, 2.45) is 34.5 Å². The monoisotopic (exact) mass is 564 g/mol. The maximum absolute atomic E-state index is 12.1. The van der Waals surface area contributed by atoms with Crippen LogP contribution in [0.5, 0.6) is 0 Å². The van der Waals surface area contributed by atoms with Gasteiger partial charge in [-0.2, -0.15) is 10.5 Å². The molecule has 0 aliphatic heterocycles. The highest BCUT2D eigenvalue weighted by Crippen LogP contribution is 2.30. The van der Waals surface area contributed by atoms with E-state index in [1.807, 2.05) is 0 Å². The summed E-state index contributed by atoms with van der Waals surface area (Å²) in [6.45, 7) is 15.3. The lowest BCUT2D eigenvalue weighted by Crippen LogP contribution is -2.31. The predicted octanol–water partition coefficient (Wildman–Crippen LogP) is 6.13. The number of hydrogen-bond acceptors (Lipinski definition) is 8. The van der Waals surface area contributed by atoms with Crippen LogP contribution < -0.4 is 10.6 Å². The van der Waals surface area contributed by atoms with Gasteiger partial charge in [-0.3, -0.25) is 0 Å². The number of carbonyl (C=O) groups is 2. The van der Waals surface area contributed by atoms with Crippen molar-refractivity contribution in [3.05, 3.63) is 0 Å². The Bertz CT molecular complexity index is 759. The van der Waals surface area contributed by atoms with Gasteiger partial charge in [0.2, 0.25) is 0 Å². The molecule has 0 aromatic rings. The first-order chi connectivity index (χ1) is 18.9. The third kappa shape index (κ3) is 16.9. The van der Waals surface area contributed by atoms with E-state index in [4.69, 9.17) is 29.5 Å². The lowest BCUT2D eigenvalue weighted by molar-refractivity contribution is 0.0849. The number of alkyl carbamates (subject to hydrolysis) is 2. The fraction of sp³-hybridized carbons (Fsp3) is 0.867. The Morgan fingerprint density at radius 2 is 1.10 bits per heavy atom. The fourth-order valence-corrected chi connectivity index (χ4v) is 5.56. The molecular formula is C30H52N4O6. The molecule has 1 aliphatic rings.